The predicted octanol–water partition coefficient (Wildman–Crippen LogP) is 1.77. The molecule has 0 amide bonds. The van der Waals surface area contributed by atoms with Gasteiger partial charge in [-0.05, 0) is 29.5 Å². The van der Waals surface area contributed by atoms with Crippen LogP contribution < -0.4 is 5.32 Å². The average molecular weight is 395 g/mol. The van der Waals surface area contributed by atoms with Crippen molar-refractivity contribution in [3.05, 3.63) is 9.26 Å². The molecule has 0 aromatic carbocycles. The molecular weight excluding hydrogens is 386 g/mol. The van der Waals surface area contributed by atoms with Gasteiger partial charge in [-0.15, -0.1) is 0 Å². The Morgan fingerprint density at radius 3 is 2.33 bits per heavy atom. The molecule has 10 heteroatoms. The lowest BCUT2D eigenvalue weighted by Gasteiger charge is -2.12. The van der Waals surface area contributed by atoms with E-state index in [-0.39, 0.29) is 5.82 Å². The maximum Gasteiger partial charge on any atom is 0.405 e. The summed E-state index contributed by atoms with van der Waals surface area (Å²) in [4.78, 5) is 7.31. The first kappa shape index (κ1) is 15.4. The van der Waals surface area contributed by atoms with Gasteiger partial charge in [0.15, 0.2) is 0 Å². The van der Waals surface area contributed by atoms with Crippen molar-refractivity contribution in [2.24, 2.45) is 0 Å². The molecular formula is C8H9F3IN3O2S. The standard InChI is InChI=1S/C8H9F3IN3O2S/c1-4-5(12)6(13-3-8(9,10)11)15-7(14-4)18(2,16)17/h3H2,1-2H3,(H,13,14,15). The number of nitrogens with zero attached hydrogens (tertiary/aromatic N) is 2. The molecule has 18 heavy (non-hydrogen) atoms. The number of halogens is 4. The van der Waals surface area contributed by atoms with E-state index in [0.29, 0.717) is 9.26 Å². The zero-order chi connectivity index (χ0) is 14.1. The van der Waals surface area contributed by atoms with Crippen LogP contribution in [-0.4, -0.2) is 37.4 Å². The number of rotatable bonds is 3. The fourth-order valence-electron chi connectivity index (χ4n) is 1.00. The summed E-state index contributed by atoms with van der Waals surface area (Å²) in [6.07, 6.45) is -3.52. The van der Waals surface area contributed by atoms with E-state index in [4.69, 9.17) is 0 Å². The van der Waals surface area contributed by atoms with Gasteiger partial charge in [-0.2, -0.15) is 18.2 Å². The second-order valence-electron chi connectivity index (χ2n) is 3.50. The molecule has 0 saturated carbocycles. The van der Waals surface area contributed by atoms with Crippen LogP contribution in [0, 0.1) is 10.5 Å². The van der Waals surface area contributed by atoms with Crippen LogP contribution in [0.4, 0.5) is 19.0 Å². The molecule has 0 fully saturated rings. The quantitative estimate of drug-likeness (QED) is 0.624. The van der Waals surface area contributed by atoms with Crippen molar-refractivity contribution in [2.45, 2.75) is 18.3 Å². The highest BCUT2D eigenvalue weighted by Crippen LogP contribution is 2.22. The van der Waals surface area contributed by atoms with E-state index >= 15 is 0 Å². The summed E-state index contributed by atoms with van der Waals surface area (Å²) >= 11 is 1.75. The zero-order valence-electron chi connectivity index (χ0n) is 9.34. The molecule has 0 bridgehead atoms. The van der Waals surface area contributed by atoms with E-state index in [0.717, 1.165) is 6.26 Å². The molecule has 0 unspecified atom stereocenters. The molecule has 1 heterocycles. The molecule has 1 N–H and O–H groups in total. The van der Waals surface area contributed by atoms with Gasteiger partial charge in [0.05, 0.1) is 9.26 Å². The lowest BCUT2D eigenvalue weighted by Crippen LogP contribution is -2.23. The lowest BCUT2D eigenvalue weighted by atomic mass is 10.4. The third kappa shape index (κ3) is 4.23. The first-order valence-corrected chi connectivity index (χ1v) is 7.52. The Morgan fingerprint density at radius 1 is 1.33 bits per heavy atom. The van der Waals surface area contributed by atoms with Crippen molar-refractivity contribution < 1.29 is 21.6 Å². The van der Waals surface area contributed by atoms with E-state index in [1.807, 2.05) is 0 Å². The largest absolute Gasteiger partial charge is 0.405 e. The monoisotopic (exact) mass is 395 g/mol. The van der Waals surface area contributed by atoms with Crippen molar-refractivity contribution in [2.75, 3.05) is 18.1 Å². The van der Waals surface area contributed by atoms with E-state index in [1.165, 1.54) is 6.92 Å². The van der Waals surface area contributed by atoms with Crippen molar-refractivity contribution >= 4 is 38.2 Å². The molecule has 0 aliphatic heterocycles. The van der Waals surface area contributed by atoms with Crippen LogP contribution in [0.15, 0.2) is 5.16 Å². The van der Waals surface area contributed by atoms with Gasteiger partial charge in [-0.1, -0.05) is 0 Å². The van der Waals surface area contributed by atoms with Gasteiger partial charge in [-0.25, -0.2) is 13.4 Å². The Balaban J connectivity index is 3.16. The summed E-state index contributed by atoms with van der Waals surface area (Å²) in [5.74, 6) is -0.138. The maximum atomic E-state index is 12.1. The number of hydrogen-bond acceptors (Lipinski definition) is 5. The van der Waals surface area contributed by atoms with Gasteiger partial charge >= 0.3 is 6.18 Å². The van der Waals surface area contributed by atoms with Crippen molar-refractivity contribution in [3.63, 3.8) is 0 Å². The average Bonchev–Trinajstić information content (AvgIpc) is 2.17. The third-order valence-electron chi connectivity index (χ3n) is 1.78. The Labute approximate surface area is 115 Å². The van der Waals surface area contributed by atoms with Crippen LogP contribution in [-0.2, 0) is 9.84 Å². The molecule has 0 atom stereocenters. The van der Waals surface area contributed by atoms with E-state index in [9.17, 15) is 21.6 Å². The van der Waals surface area contributed by atoms with Gasteiger partial charge in [0, 0.05) is 6.26 Å². The molecule has 1 aromatic heterocycles. The maximum absolute atomic E-state index is 12.1. The fourth-order valence-corrected chi connectivity index (χ4v) is 1.99. The minimum absolute atomic E-state index is 0.138. The van der Waals surface area contributed by atoms with Crippen molar-refractivity contribution in [1.82, 2.24) is 9.97 Å². The Hall–Kier alpha value is -0.650. The molecule has 0 radical (unpaired) electrons. The minimum atomic E-state index is -4.41. The summed E-state index contributed by atoms with van der Waals surface area (Å²) in [5.41, 5.74) is 0.302. The highest BCUT2D eigenvalue weighted by Gasteiger charge is 2.28. The summed E-state index contributed by atoms with van der Waals surface area (Å²) in [6.45, 7) is 0.208. The molecule has 0 aliphatic carbocycles. The van der Waals surface area contributed by atoms with Crippen LogP contribution in [0.25, 0.3) is 0 Å². The molecule has 1 aromatic rings. The lowest BCUT2D eigenvalue weighted by molar-refractivity contribution is -0.115. The number of alkyl halides is 3. The Morgan fingerprint density at radius 2 is 1.89 bits per heavy atom. The number of nitrogens with one attached hydrogen (secondary N) is 1. The SMILES string of the molecule is Cc1nc(S(C)(=O)=O)nc(NCC(F)(F)F)c1I. The summed E-state index contributed by atoms with van der Waals surface area (Å²) in [7, 11) is -3.67. The van der Waals surface area contributed by atoms with E-state index in [2.05, 4.69) is 15.3 Å². The molecule has 5 nitrogen and oxygen atoms in total. The summed E-state index contributed by atoms with van der Waals surface area (Å²) in [6, 6.07) is 0. The highest BCUT2D eigenvalue weighted by atomic mass is 127. The number of aromatic nitrogens is 2. The Bertz CT molecular complexity index is 559. The normalized spacial score (nSPS) is 12.6. The predicted molar refractivity (Wildman–Crippen MR) is 67.1 cm³/mol. The van der Waals surface area contributed by atoms with Gasteiger partial charge in [-0.3, -0.25) is 0 Å². The van der Waals surface area contributed by atoms with Crippen molar-refractivity contribution in [1.29, 1.82) is 0 Å². The van der Waals surface area contributed by atoms with Crippen LogP contribution in [0.2, 0.25) is 0 Å². The first-order valence-electron chi connectivity index (χ1n) is 4.55. The second kappa shape index (κ2) is 5.15. The van der Waals surface area contributed by atoms with Crippen LogP contribution in [0.1, 0.15) is 5.69 Å². The smallest absolute Gasteiger partial charge is 0.360 e. The van der Waals surface area contributed by atoms with Gasteiger partial charge in [0.25, 0.3) is 0 Å². The topological polar surface area (TPSA) is 72.0 Å². The third-order valence-corrected chi connectivity index (χ3v) is 3.92. The molecule has 0 spiro atoms. The van der Waals surface area contributed by atoms with Gasteiger partial charge in [0.2, 0.25) is 15.0 Å². The zero-order valence-corrected chi connectivity index (χ0v) is 12.3. The van der Waals surface area contributed by atoms with E-state index < -0.39 is 27.7 Å². The molecule has 0 aliphatic rings. The second-order valence-corrected chi connectivity index (χ2v) is 6.48. The van der Waals surface area contributed by atoms with Crippen LogP contribution in [0.5, 0.6) is 0 Å². The number of aryl methyl sites for hydroxylation is 1. The highest BCUT2D eigenvalue weighted by molar-refractivity contribution is 14.1. The summed E-state index contributed by atoms with van der Waals surface area (Å²) in [5, 5.41) is 1.56. The Kier molecular flexibility index (Phi) is 4.41. The molecule has 102 valence electrons. The number of hydrogen-bond donors (Lipinski definition) is 1. The first-order chi connectivity index (χ1) is 8.00. The van der Waals surface area contributed by atoms with Crippen LogP contribution >= 0.6 is 22.6 Å². The van der Waals surface area contributed by atoms with Gasteiger partial charge in [0.1, 0.15) is 12.4 Å². The van der Waals surface area contributed by atoms with Crippen molar-refractivity contribution in [3.8, 4) is 0 Å². The fraction of sp³-hybridized carbons (Fsp3) is 0.500. The number of anilines is 1. The summed E-state index contributed by atoms with van der Waals surface area (Å²) < 4.78 is 59.1. The minimum Gasteiger partial charge on any atom is -0.360 e. The van der Waals surface area contributed by atoms with Gasteiger partial charge < -0.3 is 5.32 Å². The van der Waals surface area contributed by atoms with E-state index in [1.54, 1.807) is 22.6 Å². The molecule has 1 rings (SSSR count). The molecule has 0 saturated heterocycles. The van der Waals surface area contributed by atoms with Crippen LogP contribution in [0.3, 0.4) is 0 Å². The number of sulfone groups is 1.